The van der Waals surface area contributed by atoms with E-state index in [0.717, 1.165) is 25.8 Å². The fraction of sp³-hybridized carbons (Fsp3) is 0.714. The predicted octanol–water partition coefficient (Wildman–Crippen LogP) is 3.44. The highest BCUT2D eigenvalue weighted by molar-refractivity contribution is 5.27. The Balaban J connectivity index is 2.04. The van der Waals surface area contributed by atoms with Crippen molar-refractivity contribution >= 4 is 0 Å². The minimum atomic E-state index is -0.218. The molecule has 1 aliphatic carbocycles. The lowest BCUT2D eigenvalue weighted by Gasteiger charge is -2.06. The molecule has 1 aromatic rings. The number of hydrogen-bond acceptors (Lipinski definition) is 1. The maximum atomic E-state index is 10.0. The molecule has 90 valence electrons. The molecular formula is C14H23NO. The van der Waals surface area contributed by atoms with Crippen molar-refractivity contribution in [1.29, 1.82) is 0 Å². The second-order valence-corrected chi connectivity index (χ2v) is 4.95. The summed E-state index contributed by atoms with van der Waals surface area (Å²) in [5.41, 5.74) is 2.57. The van der Waals surface area contributed by atoms with Gasteiger partial charge in [0.05, 0.1) is 6.10 Å². The summed E-state index contributed by atoms with van der Waals surface area (Å²) >= 11 is 0. The third kappa shape index (κ3) is 2.67. The zero-order chi connectivity index (χ0) is 11.4. The highest BCUT2D eigenvalue weighted by atomic mass is 16.3. The van der Waals surface area contributed by atoms with E-state index in [4.69, 9.17) is 0 Å². The second-order valence-electron chi connectivity index (χ2n) is 4.95. The molecule has 1 heterocycles. The summed E-state index contributed by atoms with van der Waals surface area (Å²) in [6.07, 6.45) is 12.5. The Morgan fingerprint density at radius 3 is 3.00 bits per heavy atom. The van der Waals surface area contributed by atoms with Crippen LogP contribution in [0.5, 0.6) is 0 Å². The summed E-state index contributed by atoms with van der Waals surface area (Å²) in [7, 11) is 0. The smallest absolute Gasteiger partial charge is 0.0807 e. The average Bonchev–Trinajstić information content (AvgIpc) is 2.61. The van der Waals surface area contributed by atoms with Crippen LogP contribution in [-0.2, 0) is 13.0 Å². The number of fused-ring (bicyclic) bond motifs is 1. The first-order valence-corrected chi connectivity index (χ1v) is 6.68. The van der Waals surface area contributed by atoms with Gasteiger partial charge in [-0.2, -0.15) is 0 Å². The quantitative estimate of drug-likeness (QED) is 0.611. The fourth-order valence-corrected chi connectivity index (χ4v) is 2.56. The summed E-state index contributed by atoms with van der Waals surface area (Å²) in [5.74, 6) is 0. The van der Waals surface area contributed by atoms with E-state index in [1.54, 1.807) is 0 Å². The van der Waals surface area contributed by atoms with Crippen LogP contribution in [0, 0.1) is 0 Å². The van der Waals surface area contributed by atoms with Gasteiger partial charge in [-0.3, -0.25) is 0 Å². The number of aryl methyl sites for hydroxylation is 2. The molecule has 0 radical (unpaired) electrons. The van der Waals surface area contributed by atoms with E-state index in [1.807, 2.05) is 0 Å². The van der Waals surface area contributed by atoms with Crippen molar-refractivity contribution in [1.82, 2.24) is 4.57 Å². The van der Waals surface area contributed by atoms with Crippen LogP contribution in [0.15, 0.2) is 12.4 Å². The van der Waals surface area contributed by atoms with Gasteiger partial charge in [-0.25, -0.2) is 0 Å². The Bertz CT molecular complexity index is 329. The molecule has 1 unspecified atom stereocenters. The molecule has 1 N–H and O–H groups in total. The third-order valence-corrected chi connectivity index (χ3v) is 3.55. The molecule has 0 aromatic carbocycles. The molecule has 0 saturated carbocycles. The van der Waals surface area contributed by atoms with Gasteiger partial charge >= 0.3 is 0 Å². The summed E-state index contributed by atoms with van der Waals surface area (Å²) in [4.78, 5) is 0. The van der Waals surface area contributed by atoms with Crippen LogP contribution < -0.4 is 0 Å². The van der Waals surface area contributed by atoms with Crippen LogP contribution in [0.25, 0.3) is 0 Å². The fourth-order valence-electron chi connectivity index (χ4n) is 2.56. The highest BCUT2D eigenvalue weighted by Gasteiger charge is 2.17. The number of aliphatic hydroxyl groups excluding tert-OH is 1. The number of rotatable bonds is 4. The van der Waals surface area contributed by atoms with Gasteiger partial charge < -0.3 is 9.67 Å². The molecule has 16 heavy (non-hydrogen) atoms. The average molecular weight is 221 g/mol. The number of hydrogen-bond donors (Lipinski definition) is 1. The van der Waals surface area contributed by atoms with Gasteiger partial charge in [0.25, 0.3) is 0 Å². The van der Waals surface area contributed by atoms with E-state index in [0.29, 0.717) is 0 Å². The van der Waals surface area contributed by atoms with E-state index in [-0.39, 0.29) is 6.10 Å². The summed E-state index contributed by atoms with van der Waals surface area (Å²) in [6, 6.07) is 0. The van der Waals surface area contributed by atoms with E-state index in [2.05, 4.69) is 23.9 Å². The van der Waals surface area contributed by atoms with Crippen LogP contribution in [0.3, 0.4) is 0 Å². The summed E-state index contributed by atoms with van der Waals surface area (Å²) in [6.45, 7) is 3.34. The molecule has 0 aliphatic heterocycles. The number of aliphatic hydroxyl groups is 1. The zero-order valence-electron chi connectivity index (χ0n) is 10.3. The third-order valence-electron chi connectivity index (χ3n) is 3.55. The van der Waals surface area contributed by atoms with Crippen molar-refractivity contribution in [2.75, 3.05) is 0 Å². The van der Waals surface area contributed by atoms with E-state index in [9.17, 15) is 5.11 Å². The normalized spacial score (nSPS) is 20.5. The van der Waals surface area contributed by atoms with E-state index < -0.39 is 0 Å². The minimum absolute atomic E-state index is 0.218. The number of aromatic nitrogens is 1. The van der Waals surface area contributed by atoms with Gasteiger partial charge in [0.15, 0.2) is 0 Å². The molecular weight excluding hydrogens is 198 g/mol. The Kier molecular flexibility index (Phi) is 4.05. The number of unbranched alkanes of at least 4 members (excludes halogenated alkanes) is 2. The predicted molar refractivity (Wildman–Crippen MR) is 66.5 cm³/mol. The maximum absolute atomic E-state index is 10.0. The first-order chi connectivity index (χ1) is 7.81. The maximum Gasteiger partial charge on any atom is 0.0807 e. The van der Waals surface area contributed by atoms with E-state index in [1.165, 1.54) is 36.8 Å². The Hall–Kier alpha value is -0.760. The van der Waals surface area contributed by atoms with Crippen molar-refractivity contribution < 1.29 is 5.11 Å². The van der Waals surface area contributed by atoms with Crippen molar-refractivity contribution in [2.24, 2.45) is 0 Å². The van der Waals surface area contributed by atoms with Crippen LogP contribution in [0.2, 0.25) is 0 Å². The van der Waals surface area contributed by atoms with Crippen molar-refractivity contribution in [3.63, 3.8) is 0 Å². The molecule has 0 bridgehead atoms. The van der Waals surface area contributed by atoms with Crippen LogP contribution in [0.4, 0.5) is 0 Å². The molecule has 1 aliphatic rings. The highest BCUT2D eigenvalue weighted by Crippen LogP contribution is 2.29. The minimum Gasteiger partial charge on any atom is -0.388 e. The monoisotopic (exact) mass is 221 g/mol. The molecule has 2 heteroatoms. The molecule has 1 atom stereocenters. The molecule has 0 spiro atoms. The standard InChI is InChI=1S/C14H23NO/c1-2-3-6-9-15-10-12-7-4-5-8-14(16)13(12)11-15/h10-11,14,16H,2-9H2,1H3. The Morgan fingerprint density at radius 1 is 1.31 bits per heavy atom. The molecule has 2 rings (SSSR count). The van der Waals surface area contributed by atoms with E-state index >= 15 is 0 Å². The van der Waals surface area contributed by atoms with Gasteiger partial charge in [0.1, 0.15) is 0 Å². The largest absolute Gasteiger partial charge is 0.388 e. The molecule has 0 amide bonds. The van der Waals surface area contributed by atoms with Gasteiger partial charge in [0.2, 0.25) is 0 Å². The summed E-state index contributed by atoms with van der Waals surface area (Å²) < 4.78 is 2.27. The summed E-state index contributed by atoms with van der Waals surface area (Å²) in [5, 5.41) is 10.0. The first-order valence-electron chi connectivity index (χ1n) is 6.68. The lowest BCUT2D eigenvalue weighted by Crippen LogP contribution is -1.97. The molecule has 1 aromatic heterocycles. The molecule has 0 saturated heterocycles. The number of nitrogens with zero attached hydrogens (tertiary/aromatic N) is 1. The van der Waals surface area contributed by atoms with Gasteiger partial charge in [-0.15, -0.1) is 0 Å². The topological polar surface area (TPSA) is 25.2 Å². The van der Waals surface area contributed by atoms with Crippen molar-refractivity contribution in [3.8, 4) is 0 Å². The van der Waals surface area contributed by atoms with Crippen LogP contribution in [0.1, 0.15) is 62.7 Å². The molecule has 2 nitrogen and oxygen atoms in total. The Morgan fingerprint density at radius 2 is 2.19 bits per heavy atom. The Labute approximate surface area is 98.3 Å². The lowest BCUT2D eigenvalue weighted by molar-refractivity contribution is 0.166. The van der Waals surface area contributed by atoms with Crippen LogP contribution >= 0.6 is 0 Å². The van der Waals surface area contributed by atoms with Crippen molar-refractivity contribution in [3.05, 3.63) is 23.5 Å². The lowest BCUT2D eigenvalue weighted by atomic mass is 10.1. The van der Waals surface area contributed by atoms with Gasteiger partial charge in [0, 0.05) is 24.5 Å². The zero-order valence-corrected chi connectivity index (χ0v) is 10.3. The second kappa shape index (κ2) is 5.53. The van der Waals surface area contributed by atoms with Crippen LogP contribution in [-0.4, -0.2) is 9.67 Å². The van der Waals surface area contributed by atoms with Crippen molar-refractivity contribution in [2.45, 2.75) is 64.5 Å². The SMILES string of the molecule is CCCCCn1cc2c(c1)C(O)CCCC2. The molecule has 0 fully saturated rings. The van der Waals surface area contributed by atoms with Gasteiger partial charge in [-0.05, 0) is 31.2 Å². The van der Waals surface area contributed by atoms with Gasteiger partial charge in [-0.1, -0.05) is 26.2 Å². The first kappa shape index (κ1) is 11.7.